The number of carbonyl (C=O) groups is 1. The summed E-state index contributed by atoms with van der Waals surface area (Å²) in [6, 6.07) is 13.9. The van der Waals surface area contributed by atoms with Gasteiger partial charge in [-0.15, -0.1) is 0 Å². The van der Waals surface area contributed by atoms with Crippen molar-refractivity contribution in [3.8, 4) is 0 Å². The number of hydrogen-bond acceptors (Lipinski definition) is 2. The van der Waals surface area contributed by atoms with Crippen molar-refractivity contribution in [1.82, 2.24) is 0 Å². The standard InChI is InChI=1S/C18H20N2O/c1-12(2)13-4-3-5-16(11-13)20-18(21)15-6-7-17-14(10-15)8-9-19-17/h3-7,10-12,19H,8-9H2,1-2H3,(H,20,21). The van der Waals surface area contributed by atoms with E-state index in [1.807, 2.05) is 36.4 Å². The second kappa shape index (κ2) is 5.60. The van der Waals surface area contributed by atoms with E-state index in [4.69, 9.17) is 0 Å². The molecule has 1 heterocycles. The molecule has 0 aliphatic carbocycles. The first-order valence-electron chi connectivity index (χ1n) is 7.41. The maximum Gasteiger partial charge on any atom is 0.255 e. The minimum atomic E-state index is -0.0504. The first-order valence-corrected chi connectivity index (χ1v) is 7.41. The second-order valence-electron chi connectivity index (χ2n) is 5.78. The highest BCUT2D eigenvalue weighted by molar-refractivity contribution is 6.04. The molecule has 3 nitrogen and oxygen atoms in total. The van der Waals surface area contributed by atoms with E-state index >= 15 is 0 Å². The van der Waals surface area contributed by atoms with Gasteiger partial charge in [-0.3, -0.25) is 4.79 Å². The Hall–Kier alpha value is -2.29. The number of rotatable bonds is 3. The van der Waals surface area contributed by atoms with Crippen molar-refractivity contribution in [2.24, 2.45) is 0 Å². The summed E-state index contributed by atoms with van der Waals surface area (Å²) in [5.41, 5.74) is 5.16. The Balaban J connectivity index is 1.78. The molecule has 21 heavy (non-hydrogen) atoms. The van der Waals surface area contributed by atoms with Gasteiger partial charge in [-0.2, -0.15) is 0 Å². The number of nitrogens with one attached hydrogen (secondary N) is 2. The molecular weight excluding hydrogens is 260 g/mol. The zero-order valence-corrected chi connectivity index (χ0v) is 12.4. The van der Waals surface area contributed by atoms with Gasteiger partial charge < -0.3 is 10.6 Å². The largest absolute Gasteiger partial charge is 0.384 e. The predicted octanol–water partition coefficient (Wildman–Crippen LogP) is 4.03. The summed E-state index contributed by atoms with van der Waals surface area (Å²) >= 11 is 0. The van der Waals surface area contributed by atoms with E-state index in [2.05, 4.69) is 30.5 Å². The molecule has 0 saturated heterocycles. The quantitative estimate of drug-likeness (QED) is 0.891. The molecule has 1 amide bonds. The Labute approximate surface area is 125 Å². The van der Waals surface area contributed by atoms with Crippen LogP contribution in [-0.4, -0.2) is 12.5 Å². The average Bonchev–Trinajstić information content (AvgIpc) is 2.94. The van der Waals surface area contributed by atoms with Crippen LogP contribution in [0, 0.1) is 0 Å². The molecule has 3 heteroatoms. The second-order valence-corrected chi connectivity index (χ2v) is 5.78. The first kappa shape index (κ1) is 13.7. The fourth-order valence-electron chi connectivity index (χ4n) is 2.62. The molecule has 2 aromatic carbocycles. The van der Waals surface area contributed by atoms with Crippen LogP contribution in [0.15, 0.2) is 42.5 Å². The summed E-state index contributed by atoms with van der Waals surface area (Å²) in [7, 11) is 0. The lowest BCUT2D eigenvalue weighted by atomic mass is 10.0. The van der Waals surface area contributed by atoms with E-state index in [1.165, 1.54) is 11.1 Å². The SMILES string of the molecule is CC(C)c1cccc(NC(=O)c2ccc3c(c2)CCN3)c1. The van der Waals surface area contributed by atoms with Crippen molar-refractivity contribution in [3.63, 3.8) is 0 Å². The van der Waals surface area contributed by atoms with Crippen molar-refractivity contribution < 1.29 is 4.79 Å². The zero-order valence-electron chi connectivity index (χ0n) is 12.4. The van der Waals surface area contributed by atoms with Crippen LogP contribution >= 0.6 is 0 Å². The molecule has 0 unspecified atom stereocenters. The molecule has 0 saturated carbocycles. The third-order valence-corrected chi connectivity index (χ3v) is 3.89. The Bertz CT molecular complexity index is 677. The highest BCUT2D eigenvalue weighted by Gasteiger charge is 2.13. The lowest BCUT2D eigenvalue weighted by Gasteiger charge is -2.10. The first-order chi connectivity index (χ1) is 10.1. The third kappa shape index (κ3) is 2.92. The third-order valence-electron chi connectivity index (χ3n) is 3.89. The average molecular weight is 280 g/mol. The van der Waals surface area contributed by atoms with E-state index in [0.29, 0.717) is 11.5 Å². The van der Waals surface area contributed by atoms with Gasteiger partial charge in [0.1, 0.15) is 0 Å². The van der Waals surface area contributed by atoms with Gasteiger partial charge in [-0.05, 0) is 53.8 Å². The molecule has 0 aromatic heterocycles. The molecule has 2 N–H and O–H groups in total. The number of hydrogen-bond donors (Lipinski definition) is 2. The van der Waals surface area contributed by atoms with Crippen molar-refractivity contribution in [1.29, 1.82) is 0 Å². The van der Waals surface area contributed by atoms with Crippen LogP contribution in [0.2, 0.25) is 0 Å². The number of fused-ring (bicyclic) bond motifs is 1. The molecule has 108 valence electrons. The van der Waals surface area contributed by atoms with Gasteiger partial charge in [-0.1, -0.05) is 26.0 Å². The Morgan fingerprint density at radius 3 is 2.86 bits per heavy atom. The summed E-state index contributed by atoms with van der Waals surface area (Å²) in [6.07, 6.45) is 0.985. The van der Waals surface area contributed by atoms with E-state index < -0.39 is 0 Å². The monoisotopic (exact) mass is 280 g/mol. The van der Waals surface area contributed by atoms with Crippen LogP contribution in [-0.2, 0) is 6.42 Å². The van der Waals surface area contributed by atoms with Gasteiger partial charge in [-0.25, -0.2) is 0 Å². The molecule has 0 fully saturated rings. The molecular formula is C18H20N2O. The van der Waals surface area contributed by atoms with Crippen LogP contribution in [0.4, 0.5) is 11.4 Å². The molecule has 0 spiro atoms. The summed E-state index contributed by atoms with van der Waals surface area (Å²) < 4.78 is 0. The molecule has 0 radical (unpaired) electrons. The van der Waals surface area contributed by atoms with Gasteiger partial charge in [0.05, 0.1) is 0 Å². The van der Waals surface area contributed by atoms with E-state index in [-0.39, 0.29) is 5.91 Å². The van der Waals surface area contributed by atoms with Crippen molar-refractivity contribution in [2.45, 2.75) is 26.2 Å². The minimum absolute atomic E-state index is 0.0504. The Morgan fingerprint density at radius 2 is 2.05 bits per heavy atom. The van der Waals surface area contributed by atoms with Gasteiger partial charge in [0.2, 0.25) is 0 Å². The highest BCUT2D eigenvalue weighted by atomic mass is 16.1. The Morgan fingerprint density at radius 1 is 1.19 bits per heavy atom. The number of anilines is 2. The van der Waals surface area contributed by atoms with Gasteiger partial charge in [0.25, 0.3) is 5.91 Å². The number of amides is 1. The van der Waals surface area contributed by atoms with Crippen LogP contribution in [0.25, 0.3) is 0 Å². The highest BCUT2D eigenvalue weighted by Crippen LogP contribution is 2.24. The maximum atomic E-state index is 12.4. The lowest BCUT2D eigenvalue weighted by Crippen LogP contribution is -2.12. The predicted molar refractivity (Wildman–Crippen MR) is 87.1 cm³/mol. The van der Waals surface area contributed by atoms with Crippen molar-refractivity contribution >= 4 is 17.3 Å². The Kier molecular flexibility index (Phi) is 3.65. The van der Waals surface area contributed by atoms with E-state index in [0.717, 1.165) is 24.3 Å². The molecule has 0 atom stereocenters. The maximum absolute atomic E-state index is 12.4. The molecule has 0 bridgehead atoms. The molecule has 3 rings (SSSR count). The fourth-order valence-corrected chi connectivity index (χ4v) is 2.62. The van der Waals surface area contributed by atoms with Crippen molar-refractivity contribution in [2.75, 3.05) is 17.2 Å². The van der Waals surface area contributed by atoms with Crippen LogP contribution < -0.4 is 10.6 Å². The summed E-state index contributed by atoms with van der Waals surface area (Å²) in [4.78, 5) is 12.4. The molecule has 2 aromatic rings. The topological polar surface area (TPSA) is 41.1 Å². The van der Waals surface area contributed by atoms with Gasteiger partial charge in [0, 0.05) is 23.5 Å². The van der Waals surface area contributed by atoms with Gasteiger partial charge in [0.15, 0.2) is 0 Å². The van der Waals surface area contributed by atoms with E-state index in [9.17, 15) is 4.79 Å². The fraction of sp³-hybridized carbons (Fsp3) is 0.278. The van der Waals surface area contributed by atoms with Crippen LogP contribution in [0.5, 0.6) is 0 Å². The lowest BCUT2D eigenvalue weighted by molar-refractivity contribution is 0.102. The van der Waals surface area contributed by atoms with Crippen LogP contribution in [0.3, 0.4) is 0 Å². The minimum Gasteiger partial charge on any atom is -0.384 e. The van der Waals surface area contributed by atoms with Gasteiger partial charge >= 0.3 is 0 Å². The number of benzene rings is 2. The zero-order chi connectivity index (χ0) is 14.8. The number of carbonyl (C=O) groups excluding carboxylic acids is 1. The normalized spacial score (nSPS) is 12.9. The summed E-state index contributed by atoms with van der Waals surface area (Å²) in [6.45, 7) is 5.25. The molecule has 1 aliphatic rings. The van der Waals surface area contributed by atoms with E-state index in [1.54, 1.807) is 0 Å². The van der Waals surface area contributed by atoms with Crippen molar-refractivity contribution in [3.05, 3.63) is 59.2 Å². The smallest absolute Gasteiger partial charge is 0.255 e. The molecule has 1 aliphatic heterocycles. The summed E-state index contributed by atoms with van der Waals surface area (Å²) in [5.74, 6) is 0.401. The summed E-state index contributed by atoms with van der Waals surface area (Å²) in [5, 5.41) is 6.29. The van der Waals surface area contributed by atoms with Crippen LogP contribution in [0.1, 0.15) is 41.3 Å².